The molecular weight excluding hydrogens is 633 g/mol. The molecule has 0 fully saturated rings. The number of aromatic nitrogens is 4. The van der Waals surface area contributed by atoms with Crippen molar-refractivity contribution in [3.05, 3.63) is 185 Å². The van der Waals surface area contributed by atoms with Crippen molar-refractivity contribution in [2.75, 3.05) is 0 Å². The van der Waals surface area contributed by atoms with E-state index in [0.717, 1.165) is 44.2 Å². The molecule has 5 aliphatic rings. The monoisotopic (exact) mass is 676 g/mol. The Morgan fingerprint density at radius 1 is 0.327 bits per heavy atom. The average Bonchev–Trinajstić information content (AvgIpc) is 3.89. The molecule has 0 spiro atoms. The third-order valence-corrected chi connectivity index (χ3v) is 12.0. The topological polar surface area (TPSA) is 63.2 Å². The first-order chi connectivity index (χ1) is 25.1. The van der Waals surface area contributed by atoms with Crippen LogP contribution in [0.15, 0.2) is 84.9 Å². The number of aromatic amines is 4. The summed E-state index contributed by atoms with van der Waals surface area (Å²) in [7, 11) is 0. The highest BCUT2D eigenvalue weighted by molar-refractivity contribution is 5.88. The maximum atomic E-state index is 3.95. The highest BCUT2D eigenvalue weighted by Gasteiger charge is 2.23. The summed E-state index contributed by atoms with van der Waals surface area (Å²) in [6.07, 6.45) is 4.62. The van der Waals surface area contributed by atoms with Gasteiger partial charge in [-0.15, -0.1) is 0 Å². The predicted octanol–water partition coefficient (Wildman–Crippen LogP) is 8.14. The SMILES string of the molecule is Cc1c2[nH]c(c1C)C(c1cc3cccccc-3c1)=c1[nH]c(c(C)c1C)=Cc1[nH]c(c(C)c1C)C(c1cc3cccccc-3c1)=c1[nH]c(c(C)c1C)=C2. The molecule has 0 unspecified atom stereocenters. The Hall–Kier alpha value is -6.00. The van der Waals surface area contributed by atoms with E-state index >= 15 is 0 Å². The van der Waals surface area contributed by atoms with E-state index in [2.05, 4.69) is 172 Å². The molecule has 0 saturated heterocycles. The summed E-state index contributed by atoms with van der Waals surface area (Å²) in [6.45, 7) is 18.0. The highest BCUT2D eigenvalue weighted by Crippen LogP contribution is 2.35. The second-order valence-corrected chi connectivity index (χ2v) is 14.8. The van der Waals surface area contributed by atoms with E-state index in [0.29, 0.717) is 0 Å². The van der Waals surface area contributed by atoms with Gasteiger partial charge in [-0.3, -0.25) is 0 Å². The summed E-state index contributed by atoms with van der Waals surface area (Å²) in [5.41, 5.74) is 24.2. The van der Waals surface area contributed by atoms with Crippen molar-refractivity contribution < 1.29 is 0 Å². The largest absolute Gasteiger partial charge is 0.354 e. The summed E-state index contributed by atoms with van der Waals surface area (Å²) in [5, 5.41) is 4.52. The average molecular weight is 677 g/mol. The molecule has 0 aromatic carbocycles. The van der Waals surface area contributed by atoms with Gasteiger partial charge < -0.3 is 19.9 Å². The zero-order valence-electron chi connectivity index (χ0n) is 31.2. The van der Waals surface area contributed by atoms with Crippen molar-refractivity contribution in [1.82, 2.24) is 19.9 Å². The first kappa shape index (κ1) is 31.9. The molecule has 0 atom stereocenters. The summed E-state index contributed by atoms with van der Waals surface area (Å²) < 4.78 is 0. The normalized spacial score (nSPS) is 12.8. The van der Waals surface area contributed by atoms with Crippen LogP contribution in [0.25, 0.3) is 45.6 Å². The number of rotatable bonds is 2. The van der Waals surface area contributed by atoms with Gasteiger partial charge in [0.1, 0.15) is 0 Å². The van der Waals surface area contributed by atoms with Gasteiger partial charge >= 0.3 is 0 Å². The van der Waals surface area contributed by atoms with E-state index in [1.165, 1.54) is 89.0 Å². The lowest BCUT2D eigenvalue weighted by molar-refractivity contribution is 1.19. The number of nitrogens with one attached hydrogen (secondary N) is 4. The number of fused-ring (bicyclic) bond motifs is 10. The zero-order valence-corrected chi connectivity index (χ0v) is 31.2. The van der Waals surface area contributed by atoms with Gasteiger partial charge in [0.2, 0.25) is 0 Å². The summed E-state index contributed by atoms with van der Waals surface area (Å²) in [5.74, 6) is 0. The van der Waals surface area contributed by atoms with E-state index in [1.54, 1.807) is 0 Å². The Morgan fingerprint density at radius 3 is 1.02 bits per heavy atom. The quantitative estimate of drug-likeness (QED) is 0.143. The Labute approximate surface area is 304 Å². The van der Waals surface area contributed by atoms with Crippen molar-refractivity contribution in [3.8, 4) is 22.3 Å². The summed E-state index contributed by atoms with van der Waals surface area (Å²) >= 11 is 0. The molecule has 8 bridgehead atoms. The van der Waals surface area contributed by atoms with Crippen molar-refractivity contribution in [1.29, 1.82) is 0 Å². The van der Waals surface area contributed by atoms with Crippen LogP contribution in [-0.4, -0.2) is 19.9 Å². The fourth-order valence-electron chi connectivity index (χ4n) is 8.26. The van der Waals surface area contributed by atoms with E-state index in [9.17, 15) is 0 Å². The molecule has 0 saturated carbocycles. The van der Waals surface area contributed by atoms with Gasteiger partial charge in [0.05, 0.1) is 22.1 Å². The minimum absolute atomic E-state index is 1.12. The van der Waals surface area contributed by atoms with Crippen molar-refractivity contribution in [3.63, 3.8) is 0 Å². The van der Waals surface area contributed by atoms with E-state index in [-0.39, 0.29) is 0 Å². The van der Waals surface area contributed by atoms with Crippen LogP contribution in [-0.2, 0) is 0 Å². The molecule has 4 aromatic rings. The first-order valence-electron chi connectivity index (χ1n) is 18.3. The van der Waals surface area contributed by atoms with Crippen LogP contribution in [0, 0.1) is 55.4 Å². The maximum absolute atomic E-state index is 3.95. The molecule has 5 heterocycles. The summed E-state index contributed by atoms with van der Waals surface area (Å²) in [6, 6.07) is 30.8. The molecule has 4 N–H and O–H groups in total. The highest BCUT2D eigenvalue weighted by atomic mass is 14.8. The molecule has 4 nitrogen and oxygen atoms in total. The van der Waals surface area contributed by atoms with Gasteiger partial charge in [0.25, 0.3) is 0 Å². The number of H-pyrrole nitrogens is 4. The molecule has 52 heavy (non-hydrogen) atoms. The van der Waals surface area contributed by atoms with Crippen LogP contribution in [0.4, 0.5) is 0 Å². The van der Waals surface area contributed by atoms with Crippen LogP contribution in [0.1, 0.15) is 78.4 Å². The third kappa shape index (κ3) is 4.81. The molecule has 0 amide bonds. The van der Waals surface area contributed by atoms with Crippen molar-refractivity contribution in [2.24, 2.45) is 0 Å². The predicted molar refractivity (Wildman–Crippen MR) is 216 cm³/mol. The lowest BCUT2D eigenvalue weighted by atomic mass is 9.99. The molecule has 9 rings (SSSR count). The molecular formula is C48H44N4. The Balaban J connectivity index is 1.44. The van der Waals surface area contributed by atoms with Crippen molar-refractivity contribution in [2.45, 2.75) is 55.4 Å². The van der Waals surface area contributed by atoms with E-state index < -0.39 is 0 Å². The Bertz CT molecular complexity index is 2670. The van der Waals surface area contributed by atoms with E-state index in [4.69, 9.17) is 0 Å². The molecule has 1 aliphatic heterocycles. The van der Waals surface area contributed by atoms with Crippen LogP contribution in [0.2, 0.25) is 0 Å². The van der Waals surface area contributed by atoms with Gasteiger partial charge in [-0.1, -0.05) is 60.7 Å². The fourth-order valence-corrected chi connectivity index (χ4v) is 8.26. The molecule has 4 heteroatoms. The van der Waals surface area contributed by atoms with E-state index in [1.807, 2.05) is 0 Å². The standard InChI is InChI=1S/C48H44N4/c1-25-29(5)45-43(37-19-33-15-11-9-12-16-34(33)20-37)46-31(7)27(3)41(51-46)24-42-28(4)32(8)48(52-42)44(38-21-35-17-13-10-14-18-36(35)22-38)47-30(6)26(2)40(50-47)23-39(25)49-45/h9-24,49-52H,1-8H3. The summed E-state index contributed by atoms with van der Waals surface area (Å²) in [4.78, 5) is 15.8. The third-order valence-electron chi connectivity index (χ3n) is 12.0. The zero-order chi connectivity index (χ0) is 36.0. The lowest BCUT2D eigenvalue weighted by Gasteiger charge is -2.07. The second-order valence-electron chi connectivity index (χ2n) is 14.8. The first-order valence-corrected chi connectivity index (χ1v) is 18.3. The second kappa shape index (κ2) is 11.8. The smallest absolute Gasteiger partial charge is 0.0518 e. The Kier molecular flexibility index (Phi) is 7.24. The van der Waals surface area contributed by atoms with Gasteiger partial charge in [0.15, 0.2) is 0 Å². The molecule has 4 aromatic heterocycles. The molecule has 4 aliphatic carbocycles. The lowest BCUT2D eigenvalue weighted by Crippen LogP contribution is -2.17. The molecule has 256 valence electrons. The Morgan fingerprint density at radius 2 is 0.673 bits per heavy atom. The van der Waals surface area contributed by atoms with Crippen LogP contribution in [0.3, 0.4) is 0 Å². The van der Waals surface area contributed by atoms with Gasteiger partial charge in [-0.05, 0) is 170 Å². The number of hydrogen-bond donors (Lipinski definition) is 4. The minimum atomic E-state index is 1.12. The fraction of sp³-hybridized carbons (Fsp3) is 0.167. The maximum Gasteiger partial charge on any atom is 0.0518 e. The van der Waals surface area contributed by atoms with Gasteiger partial charge in [0, 0.05) is 33.2 Å². The van der Waals surface area contributed by atoms with Gasteiger partial charge in [-0.2, -0.15) is 0 Å². The van der Waals surface area contributed by atoms with Crippen molar-refractivity contribution >= 4 is 23.3 Å². The minimum Gasteiger partial charge on any atom is -0.354 e. The van der Waals surface area contributed by atoms with Crippen LogP contribution < -0.4 is 21.4 Å². The van der Waals surface area contributed by atoms with Crippen LogP contribution >= 0.6 is 0 Å². The van der Waals surface area contributed by atoms with Crippen LogP contribution in [0.5, 0.6) is 0 Å². The van der Waals surface area contributed by atoms with Gasteiger partial charge in [-0.25, -0.2) is 0 Å². The molecule has 0 radical (unpaired) electrons. The number of hydrogen-bond acceptors (Lipinski definition) is 0.